The van der Waals surface area contributed by atoms with Crippen molar-refractivity contribution < 1.29 is 28.0 Å². The smallest absolute Gasteiger partial charge is 0.290 e. The average molecular weight is 412 g/mol. The molecule has 11 heteroatoms. The molecule has 150 valence electrons. The summed E-state index contributed by atoms with van der Waals surface area (Å²) in [5, 5.41) is -0.0351. The highest BCUT2D eigenvalue weighted by molar-refractivity contribution is 7.99. The number of thioether (sulfide) groups is 1. The van der Waals surface area contributed by atoms with Crippen LogP contribution in [0.5, 0.6) is 0 Å². The van der Waals surface area contributed by atoms with E-state index < -0.39 is 11.7 Å². The topological polar surface area (TPSA) is 90.9 Å². The molecule has 0 radical (unpaired) electrons. The number of piperazine rings is 1. The lowest BCUT2D eigenvalue weighted by atomic mass is 10.2. The van der Waals surface area contributed by atoms with E-state index in [1.165, 1.54) is 28.1 Å². The number of likely N-dealkylation sites (tertiary alicyclic amines) is 1. The van der Waals surface area contributed by atoms with Crippen molar-refractivity contribution in [1.29, 1.82) is 0 Å². The second-order valence-corrected chi connectivity index (χ2v) is 7.26. The molecule has 4 amide bonds. The molecule has 2 aliphatic heterocycles. The Morgan fingerprint density at radius 2 is 1.68 bits per heavy atom. The van der Waals surface area contributed by atoms with Gasteiger partial charge < -0.3 is 9.80 Å². The Labute approximate surface area is 163 Å². The highest BCUT2D eigenvalue weighted by atomic mass is 32.2. The average Bonchev–Trinajstić information content (AvgIpc) is 2.99. The van der Waals surface area contributed by atoms with Crippen molar-refractivity contribution in [3.8, 4) is 0 Å². The van der Waals surface area contributed by atoms with Crippen LogP contribution in [-0.2, 0) is 14.4 Å². The Balaban J connectivity index is 1.58. The third-order valence-corrected chi connectivity index (χ3v) is 5.30. The maximum absolute atomic E-state index is 12.7. The van der Waals surface area contributed by atoms with Gasteiger partial charge in [0.25, 0.3) is 11.7 Å². The number of carbonyl (C=O) groups is 4. The Morgan fingerprint density at radius 1 is 1.07 bits per heavy atom. The van der Waals surface area contributed by atoms with Crippen molar-refractivity contribution in [1.82, 2.24) is 19.7 Å². The van der Waals surface area contributed by atoms with E-state index in [9.17, 15) is 28.0 Å². The molecule has 1 aromatic rings. The maximum atomic E-state index is 12.7. The summed E-state index contributed by atoms with van der Waals surface area (Å²) in [5.74, 6) is -4.17. The molecule has 3 rings (SSSR count). The van der Waals surface area contributed by atoms with Gasteiger partial charge in [-0.1, -0.05) is 0 Å². The van der Waals surface area contributed by atoms with Gasteiger partial charge in [0, 0.05) is 45.2 Å². The first-order valence-electron chi connectivity index (χ1n) is 8.67. The predicted octanol–water partition coefficient (Wildman–Crippen LogP) is 0.830. The molecule has 0 unspecified atom stereocenters. The first kappa shape index (κ1) is 20.2. The number of aromatic nitrogens is 1. The van der Waals surface area contributed by atoms with E-state index in [2.05, 4.69) is 4.98 Å². The van der Waals surface area contributed by atoms with Gasteiger partial charge in [-0.2, -0.15) is 8.78 Å². The Hall–Kier alpha value is -2.56. The molecule has 2 fully saturated rings. The monoisotopic (exact) mass is 412 g/mol. The van der Waals surface area contributed by atoms with Crippen LogP contribution in [0.4, 0.5) is 8.78 Å². The van der Waals surface area contributed by atoms with Crippen LogP contribution >= 0.6 is 11.8 Å². The number of carbonyl (C=O) groups excluding carboxylic acids is 4. The molecule has 8 nitrogen and oxygen atoms in total. The number of hydrogen-bond donors (Lipinski definition) is 0. The summed E-state index contributed by atoms with van der Waals surface area (Å²) < 4.78 is 25.3. The predicted molar refractivity (Wildman–Crippen MR) is 94.5 cm³/mol. The SMILES string of the molecule is O=C(CN1C(=O)CCC1=O)N1CCN(C(=O)c2cccnc2SC(F)F)CC1. The van der Waals surface area contributed by atoms with E-state index in [1.54, 1.807) is 0 Å². The van der Waals surface area contributed by atoms with Crippen molar-refractivity contribution >= 4 is 35.4 Å². The van der Waals surface area contributed by atoms with Crippen LogP contribution in [0.25, 0.3) is 0 Å². The van der Waals surface area contributed by atoms with E-state index in [4.69, 9.17) is 0 Å². The zero-order valence-corrected chi connectivity index (χ0v) is 15.7. The van der Waals surface area contributed by atoms with E-state index >= 15 is 0 Å². The lowest BCUT2D eigenvalue weighted by Crippen LogP contribution is -2.53. The van der Waals surface area contributed by atoms with E-state index in [0.29, 0.717) is 0 Å². The number of halogens is 2. The van der Waals surface area contributed by atoms with Gasteiger partial charge >= 0.3 is 0 Å². The van der Waals surface area contributed by atoms with Crippen molar-refractivity contribution in [3.63, 3.8) is 0 Å². The maximum Gasteiger partial charge on any atom is 0.290 e. The number of alkyl halides is 2. The highest BCUT2D eigenvalue weighted by Gasteiger charge is 2.33. The molecule has 0 atom stereocenters. The molecule has 0 bridgehead atoms. The van der Waals surface area contributed by atoms with Crippen molar-refractivity contribution in [2.24, 2.45) is 0 Å². The van der Waals surface area contributed by atoms with Gasteiger partial charge in [0.05, 0.1) is 5.56 Å². The van der Waals surface area contributed by atoms with Gasteiger partial charge in [-0.3, -0.25) is 24.1 Å². The molecule has 0 spiro atoms. The third-order valence-electron chi connectivity index (χ3n) is 4.57. The second kappa shape index (κ2) is 8.63. The number of amides is 4. The first-order valence-corrected chi connectivity index (χ1v) is 9.55. The summed E-state index contributed by atoms with van der Waals surface area (Å²) in [6.07, 6.45) is 1.59. The second-order valence-electron chi connectivity index (χ2n) is 6.28. The van der Waals surface area contributed by atoms with Gasteiger partial charge in [0.15, 0.2) is 0 Å². The summed E-state index contributed by atoms with van der Waals surface area (Å²) in [6, 6.07) is 2.95. The molecular weight excluding hydrogens is 394 g/mol. The first-order chi connectivity index (χ1) is 13.4. The lowest BCUT2D eigenvalue weighted by Gasteiger charge is -2.35. The lowest BCUT2D eigenvalue weighted by molar-refractivity contribution is -0.146. The van der Waals surface area contributed by atoms with Crippen LogP contribution in [0.1, 0.15) is 23.2 Å². The Bertz CT molecular complexity index is 783. The zero-order valence-electron chi connectivity index (χ0n) is 14.8. The number of imide groups is 1. The van der Waals surface area contributed by atoms with Crippen LogP contribution < -0.4 is 0 Å². The van der Waals surface area contributed by atoms with E-state index in [-0.39, 0.29) is 85.6 Å². The fraction of sp³-hybridized carbons (Fsp3) is 0.471. The number of pyridine rings is 1. The number of hydrogen-bond acceptors (Lipinski definition) is 6. The van der Waals surface area contributed by atoms with Crippen molar-refractivity contribution in [3.05, 3.63) is 23.9 Å². The molecular formula is C17H18F2N4O4S. The normalized spacial score (nSPS) is 17.6. The summed E-state index contributed by atoms with van der Waals surface area (Å²) in [6.45, 7) is 0.625. The van der Waals surface area contributed by atoms with Crippen molar-refractivity contribution in [2.75, 3.05) is 32.7 Å². The zero-order chi connectivity index (χ0) is 20.3. The fourth-order valence-electron chi connectivity index (χ4n) is 3.10. The molecule has 0 N–H and O–H groups in total. The third kappa shape index (κ3) is 4.46. The minimum absolute atomic E-state index is 0.0351. The van der Waals surface area contributed by atoms with E-state index in [1.807, 2.05) is 0 Å². The van der Waals surface area contributed by atoms with Gasteiger partial charge in [0.1, 0.15) is 11.6 Å². The molecule has 2 saturated heterocycles. The van der Waals surface area contributed by atoms with Crippen LogP contribution in [-0.4, -0.2) is 81.8 Å². The fourth-order valence-corrected chi connectivity index (χ4v) is 3.67. The Kier molecular flexibility index (Phi) is 6.22. The van der Waals surface area contributed by atoms with Gasteiger partial charge in [0.2, 0.25) is 17.7 Å². The molecule has 2 aliphatic rings. The highest BCUT2D eigenvalue weighted by Crippen LogP contribution is 2.27. The Morgan fingerprint density at radius 3 is 2.29 bits per heavy atom. The molecule has 0 saturated carbocycles. The standard InChI is InChI=1S/C17H18F2N4O4S/c18-17(19)28-15-11(2-1-5-20-15)16(27)22-8-6-21(7-9-22)14(26)10-23-12(24)3-4-13(23)25/h1-2,5,17H,3-4,6-10H2. The van der Waals surface area contributed by atoms with Gasteiger partial charge in [-0.15, -0.1) is 0 Å². The number of nitrogens with zero attached hydrogens (tertiary/aromatic N) is 4. The summed E-state index contributed by atoms with van der Waals surface area (Å²) in [5.41, 5.74) is 0.0980. The van der Waals surface area contributed by atoms with Crippen LogP contribution in [0.3, 0.4) is 0 Å². The molecule has 28 heavy (non-hydrogen) atoms. The molecule has 1 aromatic heterocycles. The molecule has 0 aromatic carbocycles. The summed E-state index contributed by atoms with van der Waals surface area (Å²) >= 11 is 0.215. The minimum Gasteiger partial charge on any atom is -0.338 e. The van der Waals surface area contributed by atoms with Crippen LogP contribution in [0.15, 0.2) is 23.4 Å². The molecule has 3 heterocycles. The van der Waals surface area contributed by atoms with Gasteiger partial charge in [-0.05, 0) is 23.9 Å². The van der Waals surface area contributed by atoms with Crippen LogP contribution in [0, 0.1) is 0 Å². The van der Waals surface area contributed by atoms with Crippen LogP contribution in [0.2, 0.25) is 0 Å². The van der Waals surface area contributed by atoms with Gasteiger partial charge in [-0.25, -0.2) is 4.98 Å². The summed E-state index contributed by atoms with van der Waals surface area (Å²) in [7, 11) is 0. The minimum atomic E-state index is -2.69. The number of rotatable bonds is 5. The summed E-state index contributed by atoms with van der Waals surface area (Å²) in [4.78, 5) is 56.1. The largest absolute Gasteiger partial charge is 0.338 e. The van der Waals surface area contributed by atoms with E-state index in [0.717, 1.165) is 4.90 Å². The molecule has 0 aliphatic carbocycles. The quantitative estimate of drug-likeness (QED) is 0.526. The van der Waals surface area contributed by atoms with Crippen molar-refractivity contribution in [2.45, 2.75) is 23.6 Å².